The average molecular weight is 414 g/mol. The van der Waals surface area contributed by atoms with Crippen molar-refractivity contribution in [3.8, 4) is 23.0 Å². The number of carbonyl (C=O) groups excluding carboxylic acids is 1. The van der Waals surface area contributed by atoms with Crippen LogP contribution in [0.3, 0.4) is 0 Å². The van der Waals surface area contributed by atoms with Crippen LogP contribution in [0.2, 0.25) is 0 Å². The number of urea groups is 1. The standard InChI is InChI=1S/C19H21F3N2O5/c1-26-15-9-17(28-3)16(27-2)8-12(15)10-23-18(25)24-13-4-6-14(7-5-13)29-11-19(20,21)22/h4-9H,10-11H2,1-3H3,(H2,23,24,25). The van der Waals surface area contributed by atoms with Gasteiger partial charge in [0.1, 0.15) is 11.5 Å². The second-order valence-corrected chi connectivity index (χ2v) is 5.75. The van der Waals surface area contributed by atoms with E-state index in [1.807, 2.05) is 0 Å². The molecule has 29 heavy (non-hydrogen) atoms. The maximum absolute atomic E-state index is 12.1. The summed E-state index contributed by atoms with van der Waals surface area (Å²) in [6.45, 7) is -1.24. The van der Waals surface area contributed by atoms with Crippen LogP contribution in [0.4, 0.5) is 23.7 Å². The van der Waals surface area contributed by atoms with Crippen molar-refractivity contribution >= 4 is 11.7 Å². The number of hydrogen-bond acceptors (Lipinski definition) is 5. The van der Waals surface area contributed by atoms with Gasteiger partial charge in [0.15, 0.2) is 18.1 Å². The number of carbonyl (C=O) groups is 1. The number of methoxy groups -OCH3 is 3. The van der Waals surface area contributed by atoms with Gasteiger partial charge in [0, 0.05) is 23.9 Å². The van der Waals surface area contributed by atoms with Crippen LogP contribution in [0.5, 0.6) is 23.0 Å². The Bertz CT molecular complexity index is 826. The van der Waals surface area contributed by atoms with Gasteiger partial charge in [-0.15, -0.1) is 0 Å². The van der Waals surface area contributed by atoms with E-state index in [0.29, 0.717) is 28.5 Å². The summed E-state index contributed by atoms with van der Waals surface area (Å²) in [5.41, 5.74) is 1.05. The molecule has 0 heterocycles. The predicted octanol–water partition coefficient (Wildman–Crippen LogP) is 3.98. The summed E-state index contributed by atoms with van der Waals surface area (Å²) in [6, 6.07) is 8.35. The number of hydrogen-bond donors (Lipinski definition) is 2. The van der Waals surface area contributed by atoms with Crippen molar-refractivity contribution in [3.05, 3.63) is 42.0 Å². The Morgan fingerprint density at radius 1 is 0.931 bits per heavy atom. The highest BCUT2D eigenvalue weighted by Gasteiger charge is 2.28. The molecular weight excluding hydrogens is 393 g/mol. The molecule has 0 spiro atoms. The van der Waals surface area contributed by atoms with Crippen LogP contribution < -0.4 is 29.6 Å². The molecule has 0 aliphatic rings. The number of nitrogens with one attached hydrogen (secondary N) is 2. The Hall–Kier alpha value is -3.30. The van der Waals surface area contributed by atoms with Gasteiger partial charge in [-0.3, -0.25) is 0 Å². The maximum atomic E-state index is 12.1. The molecule has 0 saturated carbocycles. The van der Waals surface area contributed by atoms with Crippen LogP contribution in [0.25, 0.3) is 0 Å². The van der Waals surface area contributed by atoms with E-state index in [1.165, 1.54) is 45.6 Å². The molecular formula is C19H21F3N2O5. The third-order valence-electron chi connectivity index (χ3n) is 3.74. The third kappa shape index (κ3) is 6.66. The first-order valence-electron chi connectivity index (χ1n) is 8.39. The summed E-state index contributed by atoms with van der Waals surface area (Å²) in [7, 11) is 4.49. The number of benzene rings is 2. The molecule has 0 fully saturated rings. The fourth-order valence-electron chi connectivity index (χ4n) is 2.38. The highest BCUT2D eigenvalue weighted by Crippen LogP contribution is 2.34. The molecule has 2 rings (SSSR count). The van der Waals surface area contributed by atoms with Crippen molar-refractivity contribution in [1.82, 2.24) is 5.32 Å². The normalized spacial score (nSPS) is 10.8. The first kappa shape index (κ1) is 22.0. The second kappa shape index (κ2) is 9.76. The van der Waals surface area contributed by atoms with E-state index < -0.39 is 18.8 Å². The lowest BCUT2D eigenvalue weighted by Gasteiger charge is -2.15. The lowest BCUT2D eigenvalue weighted by molar-refractivity contribution is -0.153. The Morgan fingerprint density at radius 3 is 2.07 bits per heavy atom. The molecule has 0 saturated heterocycles. The SMILES string of the molecule is COc1cc(OC)c(OC)cc1CNC(=O)Nc1ccc(OCC(F)(F)F)cc1. The molecule has 0 radical (unpaired) electrons. The van der Waals surface area contributed by atoms with E-state index in [0.717, 1.165) is 0 Å². The van der Waals surface area contributed by atoms with E-state index in [-0.39, 0.29) is 12.3 Å². The maximum Gasteiger partial charge on any atom is 0.422 e. The Labute approximate surface area is 165 Å². The second-order valence-electron chi connectivity index (χ2n) is 5.75. The molecule has 0 aliphatic heterocycles. The van der Waals surface area contributed by atoms with Crippen LogP contribution in [0, 0.1) is 0 Å². The average Bonchev–Trinajstić information content (AvgIpc) is 2.70. The summed E-state index contributed by atoms with van der Waals surface area (Å²) in [5, 5.41) is 5.24. The summed E-state index contributed by atoms with van der Waals surface area (Å²) < 4.78 is 56.8. The molecule has 10 heteroatoms. The third-order valence-corrected chi connectivity index (χ3v) is 3.74. The van der Waals surface area contributed by atoms with Crippen molar-refractivity contribution in [2.75, 3.05) is 33.3 Å². The number of halogens is 3. The van der Waals surface area contributed by atoms with E-state index in [2.05, 4.69) is 15.4 Å². The van der Waals surface area contributed by atoms with Gasteiger partial charge in [-0.2, -0.15) is 13.2 Å². The minimum absolute atomic E-state index is 0.0448. The first-order chi connectivity index (χ1) is 13.8. The summed E-state index contributed by atoms with van der Waals surface area (Å²) in [6.07, 6.45) is -4.41. The van der Waals surface area contributed by atoms with Crippen molar-refractivity contribution in [1.29, 1.82) is 0 Å². The van der Waals surface area contributed by atoms with E-state index in [1.54, 1.807) is 12.1 Å². The molecule has 0 aromatic heterocycles. The highest BCUT2D eigenvalue weighted by atomic mass is 19.4. The van der Waals surface area contributed by atoms with Crippen LogP contribution in [0.1, 0.15) is 5.56 Å². The molecule has 0 bridgehead atoms. The molecule has 2 amide bonds. The van der Waals surface area contributed by atoms with Gasteiger partial charge in [-0.1, -0.05) is 0 Å². The smallest absolute Gasteiger partial charge is 0.422 e. The van der Waals surface area contributed by atoms with Crippen molar-refractivity contribution in [2.45, 2.75) is 12.7 Å². The molecule has 158 valence electrons. The number of anilines is 1. The summed E-state index contributed by atoms with van der Waals surface area (Å²) in [4.78, 5) is 12.1. The van der Waals surface area contributed by atoms with Gasteiger partial charge in [0.25, 0.3) is 0 Å². The minimum Gasteiger partial charge on any atom is -0.496 e. The first-order valence-corrected chi connectivity index (χ1v) is 8.39. The Kier molecular flexibility index (Phi) is 7.40. The predicted molar refractivity (Wildman–Crippen MR) is 99.9 cm³/mol. The molecule has 0 atom stereocenters. The fraction of sp³-hybridized carbons (Fsp3) is 0.316. The van der Waals surface area contributed by atoms with Crippen LogP contribution in [0.15, 0.2) is 36.4 Å². The molecule has 2 aromatic carbocycles. The molecule has 2 aromatic rings. The van der Waals surface area contributed by atoms with Gasteiger partial charge in [0.2, 0.25) is 0 Å². The zero-order valence-electron chi connectivity index (χ0n) is 16.1. The van der Waals surface area contributed by atoms with E-state index in [4.69, 9.17) is 14.2 Å². The van der Waals surface area contributed by atoms with Crippen LogP contribution in [-0.2, 0) is 6.54 Å². The van der Waals surface area contributed by atoms with Gasteiger partial charge < -0.3 is 29.6 Å². The van der Waals surface area contributed by atoms with Crippen molar-refractivity contribution < 1.29 is 36.9 Å². The molecule has 0 unspecified atom stereocenters. The number of ether oxygens (including phenoxy) is 4. The van der Waals surface area contributed by atoms with E-state index >= 15 is 0 Å². The zero-order valence-corrected chi connectivity index (χ0v) is 16.1. The van der Waals surface area contributed by atoms with Gasteiger partial charge in [-0.25, -0.2) is 4.79 Å². The lowest BCUT2D eigenvalue weighted by Crippen LogP contribution is -2.28. The van der Waals surface area contributed by atoms with Crippen LogP contribution in [-0.4, -0.2) is 40.1 Å². The Balaban J connectivity index is 1.94. The number of rotatable bonds is 8. The van der Waals surface area contributed by atoms with E-state index in [9.17, 15) is 18.0 Å². The molecule has 7 nitrogen and oxygen atoms in total. The van der Waals surface area contributed by atoms with Gasteiger partial charge in [0.05, 0.1) is 21.3 Å². The van der Waals surface area contributed by atoms with Crippen LogP contribution >= 0.6 is 0 Å². The van der Waals surface area contributed by atoms with Gasteiger partial charge >= 0.3 is 12.2 Å². The monoisotopic (exact) mass is 414 g/mol. The van der Waals surface area contributed by atoms with Crippen molar-refractivity contribution in [2.24, 2.45) is 0 Å². The topological polar surface area (TPSA) is 78.0 Å². The quantitative estimate of drug-likeness (QED) is 0.683. The minimum atomic E-state index is -4.41. The molecule has 0 aliphatic carbocycles. The van der Waals surface area contributed by atoms with Crippen molar-refractivity contribution in [3.63, 3.8) is 0 Å². The Morgan fingerprint density at radius 2 is 1.52 bits per heavy atom. The fourth-order valence-corrected chi connectivity index (χ4v) is 2.38. The summed E-state index contributed by atoms with van der Waals surface area (Å²) in [5.74, 6) is 1.53. The summed E-state index contributed by atoms with van der Waals surface area (Å²) >= 11 is 0. The zero-order chi connectivity index (χ0) is 21.4. The number of alkyl halides is 3. The highest BCUT2D eigenvalue weighted by molar-refractivity contribution is 5.89. The largest absolute Gasteiger partial charge is 0.496 e. The number of amides is 2. The van der Waals surface area contributed by atoms with Gasteiger partial charge in [-0.05, 0) is 30.3 Å². The lowest BCUT2D eigenvalue weighted by atomic mass is 10.1. The molecule has 2 N–H and O–H groups in total.